The maximum Gasteiger partial charge on any atom is 0.251 e. The van der Waals surface area contributed by atoms with Gasteiger partial charge in [0.1, 0.15) is 17.9 Å². The van der Waals surface area contributed by atoms with Crippen LogP contribution in [0.4, 0.5) is 5.69 Å². The molecule has 9 nitrogen and oxygen atoms in total. The summed E-state index contributed by atoms with van der Waals surface area (Å²) in [5, 5.41) is 2.92. The number of Topliss-reactive ketones (excluding diaryl/α,β-unsaturated/α-hetero) is 2. The van der Waals surface area contributed by atoms with Crippen LogP contribution in [0, 0.1) is 17.8 Å². The Kier molecular flexibility index (Phi) is 9.87. The number of amides is 3. The third kappa shape index (κ3) is 6.99. The molecule has 3 amide bonds. The van der Waals surface area contributed by atoms with Crippen molar-refractivity contribution in [2.45, 2.75) is 90.3 Å². The van der Waals surface area contributed by atoms with Gasteiger partial charge in [-0.25, -0.2) is 0 Å². The van der Waals surface area contributed by atoms with E-state index < -0.39 is 24.0 Å². The van der Waals surface area contributed by atoms with E-state index in [2.05, 4.69) is 5.32 Å². The molecule has 2 aliphatic heterocycles. The van der Waals surface area contributed by atoms with E-state index in [1.807, 2.05) is 45.0 Å². The number of nitrogens with zero attached hydrogens (tertiary/aromatic N) is 3. The molecule has 4 atom stereocenters. The van der Waals surface area contributed by atoms with Crippen LogP contribution < -0.4 is 10.2 Å². The molecule has 1 aromatic carbocycles. The van der Waals surface area contributed by atoms with Crippen molar-refractivity contribution in [1.29, 1.82) is 0 Å². The second kappa shape index (κ2) is 13.2. The number of anilines is 1. The van der Waals surface area contributed by atoms with Crippen LogP contribution in [0.2, 0.25) is 0 Å². The van der Waals surface area contributed by atoms with Crippen LogP contribution in [0.15, 0.2) is 24.3 Å². The fourth-order valence-corrected chi connectivity index (χ4v) is 6.80. The van der Waals surface area contributed by atoms with Gasteiger partial charge in [-0.3, -0.25) is 24.0 Å². The van der Waals surface area contributed by atoms with Gasteiger partial charge in [-0.05, 0) is 62.3 Å². The highest BCUT2D eigenvalue weighted by molar-refractivity contribution is 6.05. The first-order valence-corrected chi connectivity index (χ1v) is 15.2. The van der Waals surface area contributed by atoms with E-state index in [-0.39, 0.29) is 41.8 Å². The molecule has 224 valence electrons. The Morgan fingerprint density at radius 2 is 1.61 bits per heavy atom. The van der Waals surface area contributed by atoms with Crippen molar-refractivity contribution in [3.63, 3.8) is 0 Å². The lowest BCUT2D eigenvalue weighted by molar-refractivity contribution is -0.143. The van der Waals surface area contributed by atoms with Crippen LogP contribution in [0.1, 0.15) is 82.5 Å². The number of hydrogen-bond donors (Lipinski definition) is 1. The maximum atomic E-state index is 13.9. The molecule has 1 saturated carbocycles. The van der Waals surface area contributed by atoms with Crippen molar-refractivity contribution in [3.8, 4) is 0 Å². The lowest BCUT2D eigenvalue weighted by atomic mass is 9.81. The topological polar surface area (TPSA) is 107 Å². The van der Waals surface area contributed by atoms with Crippen LogP contribution in [0.5, 0.6) is 0 Å². The second-order valence-electron chi connectivity index (χ2n) is 12.8. The molecule has 0 radical (unpaired) electrons. The highest BCUT2D eigenvalue weighted by Gasteiger charge is 2.53. The molecule has 9 heteroatoms. The van der Waals surface area contributed by atoms with Crippen molar-refractivity contribution in [1.82, 2.24) is 15.1 Å². The molecule has 3 fully saturated rings. The quantitative estimate of drug-likeness (QED) is 0.435. The Morgan fingerprint density at radius 3 is 2.20 bits per heavy atom. The van der Waals surface area contributed by atoms with Gasteiger partial charge in [0, 0.05) is 31.9 Å². The van der Waals surface area contributed by atoms with Gasteiger partial charge in [0.25, 0.3) is 5.91 Å². The Morgan fingerprint density at radius 1 is 0.951 bits per heavy atom. The zero-order chi connectivity index (χ0) is 29.8. The van der Waals surface area contributed by atoms with Gasteiger partial charge < -0.3 is 20.0 Å². The molecule has 0 bridgehead atoms. The predicted octanol–water partition coefficient (Wildman–Crippen LogP) is 3.45. The summed E-state index contributed by atoms with van der Waals surface area (Å²) >= 11 is 0. The smallest absolute Gasteiger partial charge is 0.251 e. The number of nitrogens with one attached hydrogen (secondary N) is 1. The van der Waals surface area contributed by atoms with Crippen molar-refractivity contribution in [3.05, 3.63) is 29.8 Å². The van der Waals surface area contributed by atoms with Crippen LogP contribution in [-0.2, 0) is 19.2 Å². The summed E-state index contributed by atoms with van der Waals surface area (Å²) in [4.78, 5) is 71.6. The minimum Gasteiger partial charge on any atom is -0.378 e. The van der Waals surface area contributed by atoms with Gasteiger partial charge >= 0.3 is 0 Å². The van der Waals surface area contributed by atoms with Crippen molar-refractivity contribution < 1.29 is 24.0 Å². The Hall–Kier alpha value is -3.23. The standard InChI is InChI=1S/C32H46N4O5/c1-20(2)17-26(33-30(39)23-11-13-24(14-12-23)34(4)5)32(41)35-16-15-27-29(35)28(38)19-36(27)31(40)25(21(3)37)18-22-9-7-6-8-10-22/h11-14,20,22,25-27,29H,6-10,15-19H2,1-5H3,(H,33,39)/t25-,26-,27+,29-/m0/s1. The highest BCUT2D eigenvalue weighted by atomic mass is 16.2. The van der Waals surface area contributed by atoms with Gasteiger partial charge in [-0.2, -0.15) is 0 Å². The summed E-state index contributed by atoms with van der Waals surface area (Å²) in [5.41, 5.74) is 1.42. The number of hydrogen-bond acceptors (Lipinski definition) is 6. The zero-order valence-corrected chi connectivity index (χ0v) is 25.2. The predicted molar refractivity (Wildman–Crippen MR) is 157 cm³/mol. The maximum absolute atomic E-state index is 13.9. The molecule has 2 heterocycles. The number of benzene rings is 1. The molecule has 0 unspecified atom stereocenters. The molecular weight excluding hydrogens is 520 g/mol. The molecule has 41 heavy (non-hydrogen) atoms. The minimum absolute atomic E-state index is 0.0776. The van der Waals surface area contributed by atoms with E-state index in [0.29, 0.717) is 37.3 Å². The summed E-state index contributed by atoms with van der Waals surface area (Å²) in [5.74, 6) is -1.48. The van der Waals surface area contributed by atoms with Crippen LogP contribution in [0.3, 0.4) is 0 Å². The van der Waals surface area contributed by atoms with Crippen molar-refractivity contribution in [2.24, 2.45) is 17.8 Å². The number of rotatable bonds is 10. The Bertz CT molecular complexity index is 1140. The van der Waals surface area contributed by atoms with Crippen LogP contribution in [0.25, 0.3) is 0 Å². The fourth-order valence-electron chi connectivity index (χ4n) is 6.80. The summed E-state index contributed by atoms with van der Waals surface area (Å²) in [6.45, 7) is 5.70. The number of carbonyl (C=O) groups is 5. The summed E-state index contributed by atoms with van der Waals surface area (Å²) in [6.07, 6.45) is 6.97. The molecule has 0 aromatic heterocycles. The second-order valence-corrected chi connectivity index (χ2v) is 12.8. The van der Waals surface area contributed by atoms with Crippen LogP contribution in [-0.4, -0.2) is 84.4 Å². The van der Waals surface area contributed by atoms with Crippen LogP contribution >= 0.6 is 0 Å². The monoisotopic (exact) mass is 566 g/mol. The summed E-state index contributed by atoms with van der Waals surface area (Å²) in [7, 11) is 3.84. The van der Waals surface area contributed by atoms with Crippen molar-refractivity contribution in [2.75, 3.05) is 32.1 Å². The van der Waals surface area contributed by atoms with E-state index >= 15 is 0 Å². The average Bonchev–Trinajstić information content (AvgIpc) is 3.52. The summed E-state index contributed by atoms with van der Waals surface area (Å²) < 4.78 is 0. The fraction of sp³-hybridized carbons (Fsp3) is 0.656. The number of fused-ring (bicyclic) bond motifs is 1. The number of ketones is 2. The van der Waals surface area contributed by atoms with E-state index in [9.17, 15) is 24.0 Å². The third-order valence-corrected chi connectivity index (χ3v) is 9.03. The Balaban J connectivity index is 1.47. The van der Waals surface area contributed by atoms with Gasteiger partial charge in [-0.15, -0.1) is 0 Å². The minimum atomic E-state index is -0.788. The van der Waals surface area contributed by atoms with Gasteiger partial charge in [0.15, 0.2) is 5.78 Å². The molecule has 1 aromatic rings. The molecule has 4 rings (SSSR count). The van der Waals surface area contributed by atoms with E-state index in [4.69, 9.17) is 0 Å². The summed E-state index contributed by atoms with van der Waals surface area (Å²) in [6, 6.07) is 5.21. The zero-order valence-electron chi connectivity index (χ0n) is 25.2. The Labute approximate surface area is 244 Å². The van der Waals surface area contributed by atoms with E-state index in [1.165, 1.54) is 13.3 Å². The first-order chi connectivity index (χ1) is 19.5. The molecule has 2 saturated heterocycles. The largest absolute Gasteiger partial charge is 0.378 e. The highest BCUT2D eigenvalue weighted by Crippen LogP contribution is 2.35. The van der Waals surface area contributed by atoms with E-state index in [0.717, 1.165) is 31.4 Å². The third-order valence-electron chi connectivity index (χ3n) is 9.03. The normalized spacial score (nSPS) is 22.4. The number of carbonyl (C=O) groups excluding carboxylic acids is 5. The van der Waals surface area contributed by atoms with Gasteiger partial charge in [0.05, 0.1) is 18.5 Å². The number of likely N-dealkylation sites (tertiary alicyclic amines) is 2. The van der Waals surface area contributed by atoms with Gasteiger partial charge in [0.2, 0.25) is 11.8 Å². The molecule has 1 N–H and O–H groups in total. The lowest BCUT2D eigenvalue weighted by Gasteiger charge is -2.30. The average molecular weight is 567 g/mol. The SMILES string of the molecule is CC(=O)[C@H](CC1CCCCC1)C(=O)N1CC(=O)[C@@H]2[C@H]1CCN2C(=O)[C@H](CC(C)C)NC(=O)c1ccc(N(C)C)cc1. The van der Waals surface area contributed by atoms with Crippen molar-refractivity contribution >= 4 is 35.0 Å². The molecule has 0 spiro atoms. The molecular formula is C32H46N4O5. The van der Waals surface area contributed by atoms with E-state index in [1.54, 1.807) is 21.9 Å². The molecule has 1 aliphatic carbocycles. The molecule has 3 aliphatic rings. The first-order valence-electron chi connectivity index (χ1n) is 15.2. The van der Waals surface area contributed by atoms with Gasteiger partial charge in [-0.1, -0.05) is 46.0 Å². The lowest BCUT2D eigenvalue weighted by Crippen LogP contribution is -2.53. The first kappa shape index (κ1) is 30.7.